The summed E-state index contributed by atoms with van der Waals surface area (Å²) < 4.78 is 26.3. The van der Waals surface area contributed by atoms with Gasteiger partial charge >= 0.3 is 0 Å². The normalized spacial score (nSPS) is 21.8. The predicted octanol–water partition coefficient (Wildman–Crippen LogP) is 0.941. The first-order valence-corrected chi connectivity index (χ1v) is 9.82. The number of carbonyl (C=O) groups excluding carboxylic acids is 1. The SMILES string of the molecule is CCCNC(=O)C(C)N1CCCC(CNS(=O)(=O)C(C)C)C1. The predicted molar refractivity (Wildman–Crippen MR) is 89.1 cm³/mol. The maximum atomic E-state index is 12.1. The summed E-state index contributed by atoms with van der Waals surface area (Å²) in [5, 5.41) is 2.51. The minimum Gasteiger partial charge on any atom is -0.355 e. The fourth-order valence-corrected chi connectivity index (χ4v) is 3.38. The number of hydrogen-bond donors (Lipinski definition) is 2. The summed E-state index contributed by atoms with van der Waals surface area (Å²) >= 11 is 0. The highest BCUT2D eigenvalue weighted by atomic mass is 32.2. The monoisotopic (exact) mass is 333 g/mol. The molecule has 1 amide bonds. The maximum absolute atomic E-state index is 12.1. The van der Waals surface area contributed by atoms with E-state index in [9.17, 15) is 13.2 Å². The Morgan fingerprint density at radius 3 is 2.59 bits per heavy atom. The molecule has 6 nitrogen and oxygen atoms in total. The number of amides is 1. The fraction of sp³-hybridized carbons (Fsp3) is 0.933. The average Bonchev–Trinajstić information content (AvgIpc) is 2.50. The molecule has 0 bridgehead atoms. The summed E-state index contributed by atoms with van der Waals surface area (Å²) in [7, 11) is -3.21. The Kier molecular flexibility index (Phi) is 7.79. The van der Waals surface area contributed by atoms with Crippen molar-refractivity contribution in [3.8, 4) is 0 Å². The molecule has 0 aliphatic carbocycles. The van der Waals surface area contributed by atoms with E-state index in [0.29, 0.717) is 13.1 Å². The summed E-state index contributed by atoms with van der Waals surface area (Å²) in [6.45, 7) is 10.1. The standard InChI is InChI=1S/C15H31N3O3S/c1-5-8-16-15(19)13(4)18-9-6-7-14(11-18)10-17-22(20,21)12(2)3/h12-14,17H,5-11H2,1-4H3,(H,16,19). The summed E-state index contributed by atoms with van der Waals surface area (Å²) in [6, 6.07) is -0.156. The van der Waals surface area contributed by atoms with Gasteiger partial charge in [0.25, 0.3) is 0 Å². The maximum Gasteiger partial charge on any atom is 0.237 e. The van der Waals surface area contributed by atoms with Crippen LogP contribution in [0.2, 0.25) is 0 Å². The minimum absolute atomic E-state index is 0.0604. The van der Waals surface area contributed by atoms with Gasteiger partial charge in [-0.2, -0.15) is 0 Å². The minimum atomic E-state index is -3.21. The van der Waals surface area contributed by atoms with Gasteiger partial charge in [0.1, 0.15) is 0 Å². The molecular formula is C15H31N3O3S. The van der Waals surface area contributed by atoms with Crippen molar-refractivity contribution < 1.29 is 13.2 Å². The Morgan fingerprint density at radius 1 is 1.32 bits per heavy atom. The van der Waals surface area contributed by atoms with E-state index in [-0.39, 0.29) is 17.9 Å². The van der Waals surface area contributed by atoms with Gasteiger partial charge in [-0.1, -0.05) is 6.92 Å². The van der Waals surface area contributed by atoms with Gasteiger partial charge in [0.15, 0.2) is 0 Å². The summed E-state index contributed by atoms with van der Waals surface area (Å²) in [4.78, 5) is 14.2. The van der Waals surface area contributed by atoms with Crippen LogP contribution in [0.15, 0.2) is 0 Å². The Labute approximate surface area is 135 Å². The number of likely N-dealkylation sites (tertiary alicyclic amines) is 1. The van der Waals surface area contributed by atoms with Crippen molar-refractivity contribution in [2.24, 2.45) is 5.92 Å². The molecule has 0 aromatic rings. The first-order valence-electron chi connectivity index (χ1n) is 8.28. The number of piperidine rings is 1. The van der Waals surface area contributed by atoms with Gasteiger partial charge in [-0.15, -0.1) is 0 Å². The molecule has 130 valence electrons. The molecule has 2 N–H and O–H groups in total. The second-order valence-electron chi connectivity index (χ2n) is 6.41. The molecular weight excluding hydrogens is 302 g/mol. The molecule has 2 unspecified atom stereocenters. The van der Waals surface area contributed by atoms with Crippen LogP contribution in [0.4, 0.5) is 0 Å². The summed E-state index contributed by atoms with van der Waals surface area (Å²) in [5.74, 6) is 0.328. The van der Waals surface area contributed by atoms with E-state index in [1.807, 2.05) is 13.8 Å². The van der Waals surface area contributed by atoms with Crippen molar-refractivity contribution in [1.82, 2.24) is 14.9 Å². The molecule has 0 aromatic heterocycles. The lowest BCUT2D eigenvalue weighted by molar-refractivity contribution is -0.126. The Bertz CT molecular complexity index is 451. The molecule has 0 radical (unpaired) electrons. The molecule has 1 saturated heterocycles. The van der Waals surface area contributed by atoms with Gasteiger partial charge in [0.05, 0.1) is 11.3 Å². The highest BCUT2D eigenvalue weighted by Gasteiger charge is 2.28. The lowest BCUT2D eigenvalue weighted by Crippen LogP contribution is -2.50. The van der Waals surface area contributed by atoms with Crippen molar-refractivity contribution in [2.45, 2.75) is 58.2 Å². The van der Waals surface area contributed by atoms with E-state index in [1.54, 1.807) is 13.8 Å². The molecule has 0 aromatic carbocycles. The smallest absolute Gasteiger partial charge is 0.237 e. The third-order valence-electron chi connectivity index (χ3n) is 4.22. The molecule has 1 heterocycles. The summed E-state index contributed by atoms with van der Waals surface area (Å²) in [5.41, 5.74) is 0. The summed E-state index contributed by atoms with van der Waals surface area (Å²) in [6.07, 6.45) is 2.93. The third-order valence-corrected chi connectivity index (χ3v) is 6.03. The van der Waals surface area contributed by atoms with Crippen LogP contribution in [0.5, 0.6) is 0 Å². The van der Waals surface area contributed by atoms with Crippen LogP contribution in [0.3, 0.4) is 0 Å². The van der Waals surface area contributed by atoms with Crippen LogP contribution in [-0.2, 0) is 14.8 Å². The highest BCUT2D eigenvalue weighted by molar-refractivity contribution is 7.90. The molecule has 2 atom stereocenters. The van der Waals surface area contributed by atoms with Crippen molar-refractivity contribution in [3.05, 3.63) is 0 Å². The largest absolute Gasteiger partial charge is 0.355 e. The number of sulfonamides is 1. The van der Waals surface area contributed by atoms with Crippen LogP contribution in [-0.4, -0.2) is 56.7 Å². The first kappa shape index (κ1) is 19.4. The Balaban J connectivity index is 2.49. The van der Waals surface area contributed by atoms with Gasteiger partial charge < -0.3 is 5.32 Å². The van der Waals surface area contributed by atoms with Crippen LogP contribution >= 0.6 is 0 Å². The van der Waals surface area contributed by atoms with E-state index >= 15 is 0 Å². The van der Waals surface area contributed by atoms with Crippen molar-refractivity contribution >= 4 is 15.9 Å². The lowest BCUT2D eigenvalue weighted by Gasteiger charge is -2.36. The van der Waals surface area contributed by atoms with E-state index in [1.165, 1.54) is 0 Å². The number of carbonyl (C=O) groups is 1. The zero-order valence-electron chi connectivity index (χ0n) is 14.3. The average molecular weight is 333 g/mol. The van der Waals surface area contributed by atoms with Crippen molar-refractivity contribution in [1.29, 1.82) is 0 Å². The van der Waals surface area contributed by atoms with Gasteiger partial charge in [-0.3, -0.25) is 9.69 Å². The molecule has 7 heteroatoms. The molecule has 1 aliphatic heterocycles. The van der Waals surface area contributed by atoms with Gasteiger partial charge in [0, 0.05) is 19.6 Å². The van der Waals surface area contributed by atoms with E-state index in [0.717, 1.165) is 32.4 Å². The van der Waals surface area contributed by atoms with Crippen molar-refractivity contribution in [2.75, 3.05) is 26.2 Å². The van der Waals surface area contributed by atoms with Crippen LogP contribution in [0, 0.1) is 5.92 Å². The highest BCUT2D eigenvalue weighted by Crippen LogP contribution is 2.18. The number of rotatable bonds is 8. The second kappa shape index (κ2) is 8.84. The fourth-order valence-electron chi connectivity index (χ4n) is 2.58. The lowest BCUT2D eigenvalue weighted by atomic mass is 9.97. The first-order chi connectivity index (χ1) is 10.3. The van der Waals surface area contributed by atoms with Gasteiger partial charge in [-0.05, 0) is 52.5 Å². The number of nitrogens with one attached hydrogen (secondary N) is 2. The zero-order chi connectivity index (χ0) is 16.8. The van der Waals surface area contributed by atoms with Gasteiger partial charge in [-0.25, -0.2) is 13.1 Å². The molecule has 1 fully saturated rings. The molecule has 0 spiro atoms. The topological polar surface area (TPSA) is 78.5 Å². The van der Waals surface area contributed by atoms with Crippen LogP contribution in [0.25, 0.3) is 0 Å². The number of hydrogen-bond acceptors (Lipinski definition) is 4. The molecule has 0 saturated carbocycles. The Hall–Kier alpha value is -0.660. The Morgan fingerprint density at radius 2 is 2.00 bits per heavy atom. The van der Waals surface area contributed by atoms with E-state index in [2.05, 4.69) is 14.9 Å². The second-order valence-corrected chi connectivity index (χ2v) is 8.73. The number of nitrogens with zero attached hydrogens (tertiary/aromatic N) is 1. The third kappa shape index (κ3) is 5.85. The van der Waals surface area contributed by atoms with Crippen LogP contribution in [0.1, 0.15) is 47.0 Å². The van der Waals surface area contributed by atoms with Crippen LogP contribution < -0.4 is 10.0 Å². The molecule has 1 rings (SSSR count). The van der Waals surface area contributed by atoms with Crippen molar-refractivity contribution in [3.63, 3.8) is 0 Å². The molecule has 1 aliphatic rings. The van der Waals surface area contributed by atoms with E-state index in [4.69, 9.17) is 0 Å². The zero-order valence-corrected chi connectivity index (χ0v) is 15.1. The van der Waals surface area contributed by atoms with E-state index < -0.39 is 15.3 Å². The van der Waals surface area contributed by atoms with Gasteiger partial charge in [0.2, 0.25) is 15.9 Å². The molecule has 22 heavy (non-hydrogen) atoms. The quantitative estimate of drug-likeness (QED) is 0.693.